The van der Waals surface area contributed by atoms with E-state index < -0.39 is 16.4 Å². The van der Waals surface area contributed by atoms with Crippen molar-refractivity contribution in [3.8, 4) is 0 Å². The van der Waals surface area contributed by atoms with E-state index in [2.05, 4.69) is 38.0 Å². The van der Waals surface area contributed by atoms with Gasteiger partial charge in [-0.3, -0.25) is 0 Å². The summed E-state index contributed by atoms with van der Waals surface area (Å²) in [7, 11) is 0. The molecule has 12 heavy (non-hydrogen) atoms. The number of hydrogen-bond donors (Lipinski definition) is 4. The van der Waals surface area contributed by atoms with Crippen molar-refractivity contribution in [1.82, 2.24) is 8.12 Å². The zero-order valence-electron chi connectivity index (χ0n) is 6.57. The molecule has 0 bridgehead atoms. The van der Waals surface area contributed by atoms with E-state index in [9.17, 15) is 0 Å². The fraction of sp³-hybridized carbons (Fsp3) is 0.200. The maximum atomic E-state index is 4.80. The van der Waals surface area contributed by atoms with E-state index in [4.69, 9.17) is 24.4 Å². The van der Waals surface area contributed by atoms with E-state index in [0.29, 0.717) is 8.64 Å². The van der Waals surface area contributed by atoms with Gasteiger partial charge in [0.05, 0.1) is 0 Å². The summed E-state index contributed by atoms with van der Waals surface area (Å²) < 4.78 is 9.25. The zero-order chi connectivity index (χ0) is 9.56. The van der Waals surface area contributed by atoms with Crippen LogP contribution >= 0.6 is 49.7 Å². The van der Waals surface area contributed by atoms with Crippen LogP contribution in [0.1, 0.15) is 6.92 Å². The summed E-state index contributed by atoms with van der Waals surface area (Å²) >= 11 is 15.4. The summed E-state index contributed by atoms with van der Waals surface area (Å²) in [5, 5.41) is 0. The molecule has 2 nitrogen and oxygen atoms in total. The molecule has 0 radical (unpaired) electrons. The third-order valence-corrected chi connectivity index (χ3v) is 9.14. The minimum atomic E-state index is -2.13. The third-order valence-electron chi connectivity index (χ3n) is 1.15. The fourth-order valence-corrected chi connectivity index (χ4v) is 7.15. The molecule has 0 unspecified atom stereocenters. The van der Waals surface area contributed by atoms with E-state index in [1.165, 1.54) is 0 Å². The van der Waals surface area contributed by atoms with Gasteiger partial charge in [-0.15, -0.1) is 0 Å². The molecule has 0 aliphatic heterocycles. The molecule has 0 fully saturated rings. The topological polar surface area (TPSA) is 24.1 Å². The minimum absolute atomic E-state index is 0.505. The van der Waals surface area contributed by atoms with Crippen molar-refractivity contribution in [1.29, 1.82) is 0 Å². The van der Waals surface area contributed by atoms with Gasteiger partial charge in [0.15, 0.2) is 0 Å². The Kier molecular flexibility index (Phi) is 7.78. The van der Waals surface area contributed by atoms with Crippen LogP contribution in [0, 0.1) is 0 Å². The average molecular weight is 291 g/mol. The normalized spacial score (nSPS) is 9.58. The number of allylic oxidation sites excluding steroid dienone is 1. The van der Waals surface area contributed by atoms with Gasteiger partial charge in [0, 0.05) is 0 Å². The fourth-order valence-electron chi connectivity index (χ4n) is 0.724. The molecular weight excluding hydrogens is 282 g/mol. The molecule has 0 saturated carbocycles. The SMILES string of the molecule is CC=[CH][Zn]([NH]C(=S)S)[NH]C(=S)S. The van der Waals surface area contributed by atoms with Gasteiger partial charge in [-0.05, 0) is 0 Å². The van der Waals surface area contributed by atoms with Crippen LogP contribution in [-0.4, -0.2) is 8.64 Å². The van der Waals surface area contributed by atoms with Gasteiger partial charge < -0.3 is 0 Å². The summed E-state index contributed by atoms with van der Waals surface area (Å²) in [5.41, 5.74) is 0. The molecule has 0 rings (SSSR count). The summed E-state index contributed by atoms with van der Waals surface area (Å²) in [4.78, 5) is 0. The van der Waals surface area contributed by atoms with E-state index in [1.807, 2.05) is 13.0 Å². The van der Waals surface area contributed by atoms with E-state index in [0.717, 1.165) is 0 Å². The van der Waals surface area contributed by atoms with Crippen molar-refractivity contribution in [3.05, 3.63) is 10.7 Å². The van der Waals surface area contributed by atoms with Crippen molar-refractivity contribution in [2.24, 2.45) is 0 Å². The predicted octanol–water partition coefficient (Wildman–Crippen LogP) is 1.58. The zero-order valence-corrected chi connectivity index (χ0v) is 13.0. The number of hydrogen-bond acceptors (Lipinski definition) is 2. The van der Waals surface area contributed by atoms with Crippen molar-refractivity contribution in [2.75, 3.05) is 0 Å². The Bertz CT molecular complexity index is 190. The standard InChI is InChI=1S/C3H5.2CH3NS2.Zn/c1-3-2;2*2-1(3)4;/h1,3H,2H3;2*(H3,2,3,4);/q;;;+2/p-2. The molecule has 0 aromatic carbocycles. The van der Waals surface area contributed by atoms with E-state index >= 15 is 0 Å². The quantitative estimate of drug-likeness (QED) is 0.360. The first kappa shape index (κ1) is 12.8. The number of thiol groups is 2. The Balaban J connectivity index is 4.03. The average Bonchev–Trinajstić information content (AvgIpc) is 1.84. The molecule has 0 atom stereocenters. The van der Waals surface area contributed by atoms with Crippen LogP contribution in [0.15, 0.2) is 10.7 Å². The van der Waals surface area contributed by atoms with E-state index in [1.54, 1.807) is 0 Å². The van der Waals surface area contributed by atoms with Crippen molar-refractivity contribution in [2.45, 2.75) is 6.92 Å². The van der Waals surface area contributed by atoms with Gasteiger partial charge >= 0.3 is 101 Å². The van der Waals surface area contributed by atoms with Crippen LogP contribution in [-0.2, 0) is 16.4 Å². The van der Waals surface area contributed by atoms with Gasteiger partial charge in [-0.1, -0.05) is 0 Å². The van der Waals surface area contributed by atoms with Crippen LogP contribution < -0.4 is 8.12 Å². The van der Waals surface area contributed by atoms with Gasteiger partial charge in [0.1, 0.15) is 0 Å². The maximum absolute atomic E-state index is 4.80. The Morgan fingerprint density at radius 3 is 1.92 bits per heavy atom. The molecular formula is C5H9N2S4Zn. The Labute approximate surface area is 99.8 Å². The van der Waals surface area contributed by atoms with Crippen molar-refractivity contribution in [3.63, 3.8) is 0 Å². The molecule has 0 aromatic rings. The molecule has 0 heterocycles. The first-order chi connectivity index (χ1) is 5.56. The molecule has 0 saturated heterocycles. The Morgan fingerprint density at radius 1 is 1.25 bits per heavy atom. The molecule has 0 aromatic heterocycles. The van der Waals surface area contributed by atoms with Crippen LogP contribution in [0.5, 0.6) is 0 Å². The van der Waals surface area contributed by atoms with Crippen LogP contribution in [0.4, 0.5) is 0 Å². The molecule has 2 N–H and O–H groups in total. The monoisotopic (exact) mass is 289 g/mol. The van der Waals surface area contributed by atoms with Crippen LogP contribution in [0.25, 0.3) is 0 Å². The van der Waals surface area contributed by atoms with Crippen molar-refractivity contribution >= 4 is 58.3 Å². The van der Waals surface area contributed by atoms with Gasteiger partial charge in [-0.25, -0.2) is 0 Å². The third kappa shape index (κ3) is 7.49. The second-order valence-corrected chi connectivity index (χ2v) is 9.36. The van der Waals surface area contributed by atoms with Crippen LogP contribution in [0.3, 0.4) is 0 Å². The Hall–Kier alpha value is 0.843. The summed E-state index contributed by atoms with van der Waals surface area (Å²) in [5.74, 6) is 0. The molecule has 65 valence electrons. The predicted molar refractivity (Wildman–Crippen MR) is 64.3 cm³/mol. The number of rotatable bonds is 3. The van der Waals surface area contributed by atoms with E-state index in [-0.39, 0.29) is 0 Å². The number of thiocarbonyl (C=S) groups is 2. The second kappa shape index (κ2) is 7.27. The van der Waals surface area contributed by atoms with Crippen LogP contribution in [0.2, 0.25) is 0 Å². The first-order valence-corrected chi connectivity index (χ1v) is 9.77. The Morgan fingerprint density at radius 2 is 1.67 bits per heavy atom. The second-order valence-electron chi connectivity index (χ2n) is 2.12. The first-order valence-electron chi connectivity index (χ1n) is 3.38. The van der Waals surface area contributed by atoms with Crippen molar-refractivity contribution < 1.29 is 16.4 Å². The molecule has 7 heteroatoms. The molecule has 0 aliphatic rings. The van der Waals surface area contributed by atoms with Gasteiger partial charge in [0.25, 0.3) is 0 Å². The molecule has 0 spiro atoms. The van der Waals surface area contributed by atoms with Gasteiger partial charge in [0.2, 0.25) is 0 Å². The summed E-state index contributed by atoms with van der Waals surface area (Å²) in [6, 6.07) is 0. The van der Waals surface area contributed by atoms with Gasteiger partial charge in [-0.2, -0.15) is 0 Å². The number of nitrogens with one attached hydrogen (secondary N) is 2. The summed E-state index contributed by atoms with van der Waals surface area (Å²) in [6.45, 7) is 1.95. The molecule has 0 amide bonds. The molecule has 0 aliphatic carbocycles. The summed E-state index contributed by atoms with van der Waals surface area (Å²) in [6.07, 6.45) is 1.97.